The van der Waals surface area contributed by atoms with Crippen LogP contribution in [0.15, 0.2) is 42.5 Å². The van der Waals surface area contributed by atoms with Crippen molar-refractivity contribution in [2.24, 2.45) is 11.8 Å². The summed E-state index contributed by atoms with van der Waals surface area (Å²) in [6, 6.07) is 12.1. The third kappa shape index (κ3) is 8.70. The SMILES string of the molecule is COc1ccc(C(=O)CCCCCC(=O)N[C@H](CNC[C@@H]2CCC(C)C2)[C@H](O)c2ccc3c(c2)OCCO3)cc1. The molecule has 2 aromatic carbocycles. The lowest BCUT2D eigenvalue weighted by Gasteiger charge is -2.27. The van der Waals surface area contributed by atoms with Gasteiger partial charge in [-0.05, 0) is 86.0 Å². The first kappa shape index (κ1) is 29.9. The van der Waals surface area contributed by atoms with Crippen LogP contribution in [0.2, 0.25) is 0 Å². The number of nitrogens with one attached hydrogen (secondary N) is 2. The topological polar surface area (TPSA) is 106 Å². The van der Waals surface area contributed by atoms with Crippen LogP contribution in [0.3, 0.4) is 0 Å². The van der Waals surface area contributed by atoms with Gasteiger partial charge in [0, 0.05) is 24.9 Å². The summed E-state index contributed by atoms with van der Waals surface area (Å²) in [6.07, 6.45) is 5.79. The van der Waals surface area contributed by atoms with Crippen LogP contribution >= 0.6 is 0 Å². The zero-order chi connectivity index (χ0) is 28.3. The van der Waals surface area contributed by atoms with Gasteiger partial charge in [0.25, 0.3) is 0 Å². The Labute approximate surface area is 237 Å². The molecule has 3 N–H and O–H groups in total. The standard InChI is InChI=1S/C32H44N2O6/c1-22-8-9-23(18-22)20-33-21-27(32(37)25-12-15-29-30(19-25)40-17-16-39-29)34-31(36)7-5-3-4-6-28(35)24-10-13-26(38-2)14-11-24/h10-15,19,22-23,27,32-33,37H,3-9,16-18,20-21H2,1-2H3,(H,34,36)/t22?,23-,27-,32-/m1/s1. The first-order valence-corrected chi connectivity index (χ1v) is 14.7. The van der Waals surface area contributed by atoms with Crippen molar-refractivity contribution in [3.05, 3.63) is 53.6 Å². The monoisotopic (exact) mass is 552 g/mol. The van der Waals surface area contributed by atoms with Gasteiger partial charge in [0.15, 0.2) is 17.3 Å². The number of carbonyl (C=O) groups is 2. The van der Waals surface area contributed by atoms with Gasteiger partial charge in [-0.1, -0.05) is 25.8 Å². The van der Waals surface area contributed by atoms with Gasteiger partial charge in [0.05, 0.1) is 13.2 Å². The van der Waals surface area contributed by atoms with Gasteiger partial charge in [-0.2, -0.15) is 0 Å². The Morgan fingerprint density at radius 3 is 2.48 bits per heavy atom. The summed E-state index contributed by atoms with van der Waals surface area (Å²) in [6.45, 7) is 4.63. The Kier molecular flexibility index (Phi) is 11.2. The van der Waals surface area contributed by atoms with Crippen molar-refractivity contribution in [2.75, 3.05) is 33.4 Å². The summed E-state index contributed by atoms with van der Waals surface area (Å²) in [4.78, 5) is 25.3. The van der Waals surface area contributed by atoms with E-state index in [0.717, 1.165) is 31.1 Å². The minimum Gasteiger partial charge on any atom is -0.497 e. The zero-order valence-electron chi connectivity index (χ0n) is 23.8. The fourth-order valence-electron chi connectivity index (χ4n) is 5.62. The lowest BCUT2D eigenvalue weighted by atomic mass is 10.00. The molecule has 1 aliphatic heterocycles. The number of carbonyl (C=O) groups excluding carboxylic acids is 2. The fraction of sp³-hybridized carbons (Fsp3) is 0.562. The van der Waals surface area contributed by atoms with Gasteiger partial charge in [-0.15, -0.1) is 0 Å². The number of benzene rings is 2. The largest absolute Gasteiger partial charge is 0.497 e. The Morgan fingerprint density at radius 2 is 1.75 bits per heavy atom. The number of ether oxygens (including phenoxy) is 3. The minimum absolute atomic E-state index is 0.0949. The number of unbranched alkanes of at least 4 members (excludes halogenated alkanes) is 2. The highest BCUT2D eigenvalue weighted by Gasteiger charge is 2.26. The van der Waals surface area contributed by atoms with Gasteiger partial charge >= 0.3 is 0 Å². The van der Waals surface area contributed by atoms with Crippen LogP contribution < -0.4 is 24.8 Å². The fourth-order valence-corrected chi connectivity index (χ4v) is 5.62. The molecule has 218 valence electrons. The van der Waals surface area contributed by atoms with Crippen molar-refractivity contribution in [1.82, 2.24) is 10.6 Å². The van der Waals surface area contributed by atoms with Crippen LogP contribution in [0, 0.1) is 11.8 Å². The molecule has 1 aliphatic carbocycles. The second-order valence-corrected chi connectivity index (χ2v) is 11.2. The van der Waals surface area contributed by atoms with Crippen molar-refractivity contribution < 1.29 is 28.9 Å². The van der Waals surface area contributed by atoms with E-state index < -0.39 is 12.1 Å². The van der Waals surface area contributed by atoms with E-state index in [1.54, 1.807) is 37.4 Å². The van der Waals surface area contributed by atoms with E-state index in [-0.39, 0.29) is 11.7 Å². The number of methoxy groups -OCH3 is 1. The molecular weight excluding hydrogens is 508 g/mol. The number of rotatable bonds is 15. The third-order valence-corrected chi connectivity index (χ3v) is 7.96. The molecule has 4 rings (SSSR count). The van der Waals surface area contributed by atoms with Crippen LogP contribution in [-0.2, 0) is 4.79 Å². The molecule has 0 saturated heterocycles. The van der Waals surface area contributed by atoms with Crippen LogP contribution in [0.5, 0.6) is 17.2 Å². The number of aliphatic hydroxyl groups is 1. The van der Waals surface area contributed by atoms with E-state index in [4.69, 9.17) is 14.2 Å². The highest BCUT2D eigenvalue weighted by molar-refractivity contribution is 5.96. The van der Waals surface area contributed by atoms with Gasteiger partial charge in [-0.3, -0.25) is 9.59 Å². The molecule has 0 spiro atoms. The molecule has 0 radical (unpaired) electrons. The Morgan fingerprint density at radius 1 is 1.00 bits per heavy atom. The van der Waals surface area contributed by atoms with E-state index >= 15 is 0 Å². The Balaban J connectivity index is 1.25. The van der Waals surface area contributed by atoms with Crippen LogP contribution in [0.25, 0.3) is 0 Å². The number of aliphatic hydroxyl groups excluding tert-OH is 1. The second-order valence-electron chi connectivity index (χ2n) is 11.2. The molecule has 8 nitrogen and oxygen atoms in total. The van der Waals surface area contributed by atoms with Gasteiger partial charge in [0.1, 0.15) is 25.1 Å². The molecule has 1 amide bonds. The average Bonchev–Trinajstić information content (AvgIpc) is 3.40. The molecule has 2 aliphatic rings. The van der Waals surface area contributed by atoms with E-state index in [1.807, 2.05) is 12.1 Å². The normalized spacial score (nSPS) is 19.6. The maximum atomic E-state index is 12.9. The van der Waals surface area contributed by atoms with E-state index in [0.29, 0.717) is 67.6 Å². The van der Waals surface area contributed by atoms with Crippen LogP contribution in [0.4, 0.5) is 0 Å². The number of hydrogen-bond acceptors (Lipinski definition) is 7. The van der Waals surface area contributed by atoms with Gasteiger partial charge < -0.3 is 30.0 Å². The van der Waals surface area contributed by atoms with Crippen molar-refractivity contribution >= 4 is 11.7 Å². The molecule has 2 aromatic rings. The lowest BCUT2D eigenvalue weighted by Crippen LogP contribution is -2.46. The number of amides is 1. The molecule has 8 heteroatoms. The van der Waals surface area contributed by atoms with Crippen LogP contribution in [0.1, 0.15) is 80.3 Å². The predicted octanol–water partition coefficient (Wildman–Crippen LogP) is 4.84. The molecule has 4 atom stereocenters. The molecular formula is C32H44N2O6. The Bertz CT molecular complexity index is 1110. The van der Waals surface area contributed by atoms with Gasteiger partial charge in [-0.25, -0.2) is 0 Å². The summed E-state index contributed by atoms with van der Waals surface area (Å²) in [7, 11) is 1.60. The third-order valence-electron chi connectivity index (χ3n) is 7.96. The summed E-state index contributed by atoms with van der Waals surface area (Å²) in [5, 5.41) is 17.8. The number of Topliss-reactive ketones (excluding diaryl/α,β-unsaturated/α-hetero) is 1. The molecule has 40 heavy (non-hydrogen) atoms. The van der Waals surface area contributed by atoms with E-state index in [1.165, 1.54) is 19.3 Å². The maximum absolute atomic E-state index is 12.9. The molecule has 0 aromatic heterocycles. The first-order valence-electron chi connectivity index (χ1n) is 14.7. The van der Waals surface area contributed by atoms with Crippen molar-refractivity contribution in [1.29, 1.82) is 0 Å². The quantitative estimate of drug-likeness (QED) is 0.214. The summed E-state index contributed by atoms with van der Waals surface area (Å²) in [5.74, 6) is 3.40. The van der Waals surface area contributed by atoms with Crippen LogP contribution in [-0.4, -0.2) is 56.3 Å². The van der Waals surface area contributed by atoms with Crippen molar-refractivity contribution in [3.8, 4) is 17.2 Å². The summed E-state index contributed by atoms with van der Waals surface area (Å²) in [5.41, 5.74) is 1.36. The summed E-state index contributed by atoms with van der Waals surface area (Å²) >= 11 is 0. The smallest absolute Gasteiger partial charge is 0.220 e. The van der Waals surface area contributed by atoms with E-state index in [9.17, 15) is 14.7 Å². The number of ketones is 1. The predicted molar refractivity (Wildman–Crippen MR) is 154 cm³/mol. The molecule has 1 heterocycles. The Hall–Kier alpha value is -3.10. The first-order chi connectivity index (χ1) is 19.4. The second kappa shape index (κ2) is 15.1. The molecule has 0 bridgehead atoms. The van der Waals surface area contributed by atoms with Gasteiger partial charge in [0.2, 0.25) is 5.91 Å². The number of fused-ring (bicyclic) bond motifs is 1. The summed E-state index contributed by atoms with van der Waals surface area (Å²) < 4.78 is 16.5. The highest BCUT2D eigenvalue weighted by Crippen LogP contribution is 2.33. The van der Waals surface area contributed by atoms with E-state index in [2.05, 4.69) is 17.6 Å². The average molecular weight is 553 g/mol. The minimum atomic E-state index is -0.892. The highest BCUT2D eigenvalue weighted by atomic mass is 16.6. The molecule has 1 unspecified atom stereocenters. The molecule has 1 fully saturated rings. The number of hydrogen-bond donors (Lipinski definition) is 3. The van der Waals surface area contributed by atoms with Crippen molar-refractivity contribution in [3.63, 3.8) is 0 Å². The lowest BCUT2D eigenvalue weighted by molar-refractivity contribution is -0.122. The zero-order valence-corrected chi connectivity index (χ0v) is 23.8. The maximum Gasteiger partial charge on any atom is 0.220 e. The van der Waals surface area contributed by atoms with Crippen molar-refractivity contribution in [2.45, 2.75) is 70.4 Å². The molecule has 1 saturated carbocycles.